The molecular formula is C12H17ClN2S. The smallest absolute Gasteiger partial charge is 0.123 e. The minimum Gasteiger partial charge on any atom is -0.384 e. The van der Waals surface area contributed by atoms with Crippen molar-refractivity contribution in [1.29, 1.82) is 5.41 Å². The van der Waals surface area contributed by atoms with Crippen LogP contribution >= 0.6 is 23.4 Å². The Balaban J connectivity index is 2.99. The quantitative estimate of drug-likeness (QED) is 0.490. The minimum atomic E-state index is 0.0703. The Labute approximate surface area is 106 Å². The van der Waals surface area contributed by atoms with Gasteiger partial charge in [-0.2, -0.15) is 0 Å². The first kappa shape index (κ1) is 13.4. The number of amidine groups is 1. The standard InChI is InChI=1S/C12H17ClN2S/c1-7(2)8(3)16-11-5-4-9(13)6-10(11)12(14)15/h4-8H,1-3H3,(H3,14,15). The normalized spacial score (nSPS) is 12.8. The Kier molecular flexibility index (Phi) is 4.69. The number of nitrogens with one attached hydrogen (secondary N) is 1. The lowest BCUT2D eigenvalue weighted by atomic mass is 10.2. The van der Waals surface area contributed by atoms with Crippen molar-refractivity contribution in [2.24, 2.45) is 11.7 Å². The van der Waals surface area contributed by atoms with Gasteiger partial charge in [-0.25, -0.2) is 0 Å². The number of thioether (sulfide) groups is 1. The molecule has 0 aliphatic carbocycles. The van der Waals surface area contributed by atoms with Crippen LogP contribution in [0.5, 0.6) is 0 Å². The van der Waals surface area contributed by atoms with Crippen LogP contribution in [0.4, 0.5) is 0 Å². The maximum absolute atomic E-state index is 7.53. The first-order chi connectivity index (χ1) is 7.41. The van der Waals surface area contributed by atoms with Crippen LogP contribution in [0.1, 0.15) is 26.3 Å². The lowest BCUT2D eigenvalue weighted by Crippen LogP contribution is -2.14. The number of hydrogen-bond donors (Lipinski definition) is 2. The maximum atomic E-state index is 7.53. The third kappa shape index (κ3) is 3.42. The summed E-state index contributed by atoms with van der Waals surface area (Å²) >= 11 is 7.63. The summed E-state index contributed by atoms with van der Waals surface area (Å²) < 4.78 is 0. The van der Waals surface area contributed by atoms with Crippen molar-refractivity contribution in [2.45, 2.75) is 30.9 Å². The lowest BCUT2D eigenvalue weighted by molar-refractivity contribution is 0.642. The van der Waals surface area contributed by atoms with E-state index in [4.69, 9.17) is 22.7 Å². The SMILES string of the molecule is CC(C)C(C)Sc1ccc(Cl)cc1C(=N)N. The molecule has 0 amide bonds. The average Bonchev–Trinajstić information content (AvgIpc) is 2.20. The fraction of sp³-hybridized carbons (Fsp3) is 0.417. The van der Waals surface area contributed by atoms with Crippen LogP contribution in [0.3, 0.4) is 0 Å². The monoisotopic (exact) mass is 256 g/mol. The molecule has 2 nitrogen and oxygen atoms in total. The molecule has 3 N–H and O–H groups in total. The predicted molar refractivity (Wildman–Crippen MR) is 72.6 cm³/mol. The van der Waals surface area contributed by atoms with E-state index in [1.165, 1.54) is 0 Å². The molecule has 88 valence electrons. The highest BCUT2D eigenvalue weighted by atomic mass is 35.5. The van der Waals surface area contributed by atoms with Gasteiger partial charge in [-0.1, -0.05) is 32.4 Å². The molecule has 1 aromatic carbocycles. The number of rotatable bonds is 4. The Hall–Kier alpha value is -0.670. The summed E-state index contributed by atoms with van der Waals surface area (Å²) in [5.41, 5.74) is 6.27. The summed E-state index contributed by atoms with van der Waals surface area (Å²) in [5, 5.41) is 8.63. The Morgan fingerprint density at radius 2 is 2.00 bits per heavy atom. The second kappa shape index (κ2) is 5.60. The summed E-state index contributed by atoms with van der Waals surface area (Å²) in [6.45, 7) is 6.54. The van der Waals surface area contributed by atoms with E-state index in [-0.39, 0.29) is 5.84 Å². The molecule has 16 heavy (non-hydrogen) atoms. The van der Waals surface area contributed by atoms with E-state index < -0.39 is 0 Å². The second-order valence-electron chi connectivity index (χ2n) is 4.12. The molecule has 0 heterocycles. The van der Waals surface area contributed by atoms with Crippen molar-refractivity contribution in [2.75, 3.05) is 0 Å². The largest absolute Gasteiger partial charge is 0.384 e. The summed E-state index contributed by atoms with van der Waals surface area (Å²) in [4.78, 5) is 1.03. The number of nitrogen functional groups attached to an aromatic ring is 1. The molecule has 1 rings (SSSR count). The number of halogens is 1. The third-order valence-corrected chi connectivity index (χ3v) is 4.24. The summed E-state index contributed by atoms with van der Waals surface area (Å²) in [5.74, 6) is 0.654. The number of hydrogen-bond acceptors (Lipinski definition) is 2. The fourth-order valence-electron chi connectivity index (χ4n) is 1.15. The van der Waals surface area contributed by atoms with Gasteiger partial charge >= 0.3 is 0 Å². The predicted octanol–water partition coefficient (Wildman–Crippen LogP) is 3.76. The van der Waals surface area contributed by atoms with Crippen LogP contribution in [-0.2, 0) is 0 Å². The van der Waals surface area contributed by atoms with Crippen LogP contribution in [0.15, 0.2) is 23.1 Å². The van der Waals surface area contributed by atoms with Gasteiger partial charge in [-0.05, 0) is 24.1 Å². The highest BCUT2D eigenvalue weighted by Gasteiger charge is 2.13. The first-order valence-electron chi connectivity index (χ1n) is 5.22. The summed E-state index contributed by atoms with van der Waals surface area (Å²) in [6.07, 6.45) is 0. The molecule has 0 saturated carbocycles. The van der Waals surface area contributed by atoms with E-state index in [2.05, 4.69) is 20.8 Å². The molecule has 4 heteroatoms. The van der Waals surface area contributed by atoms with Crippen LogP contribution < -0.4 is 5.73 Å². The van der Waals surface area contributed by atoms with Crippen molar-refractivity contribution in [1.82, 2.24) is 0 Å². The molecule has 0 bridgehead atoms. The average molecular weight is 257 g/mol. The molecule has 0 fully saturated rings. The second-order valence-corrected chi connectivity index (χ2v) is 5.98. The van der Waals surface area contributed by atoms with Crippen molar-refractivity contribution in [3.63, 3.8) is 0 Å². The molecule has 0 saturated heterocycles. The van der Waals surface area contributed by atoms with Crippen molar-refractivity contribution < 1.29 is 0 Å². The van der Waals surface area contributed by atoms with Crippen LogP contribution in [-0.4, -0.2) is 11.1 Å². The van der Waals surface area contributed by atoms with Crippen molar-refractivity contribution in [3.05, 3.63) is 28.8 Å². The molecule has 0 radical (unpaired) electrons. The van der Waals surface area contributed by atoms with Gasteiger partial charge in [-0.15, -0.1) is 11.8 Å². The first-order valence-corrected chi connectivity index (χ1v) is 6.48. The van der Waals surface area contributed by atoms with E-state index in [0.29, 0.717) is 16.2 Å². The molecule has 1 aromatic rings. The van der Waals surface area contributed by atoms with Gasteiger partial charge in [0.1, 0.15) is 5.84 Å². The van der Waals surface area contributed by atoms with Crippen molar-refractivity contribution >= 4 is 29.2 Å². The zero-order valence-electron chi connectivity index (χ0n) is 9.75. The minimum absolute atomic E-state index is 0.0703. The highest BCUT2D eigenvalue weighted by Crippen LogP contribution is 2.31. The molecule has 1 unspecified atom stereocenters. The summed E-state index contributed by atoms with van der Waals surface area (Å²) in [6, 6.07) is 5.52. The van der Waals surface area contributed by atoms with Crippen molar-refractivity contribution in [3.8, 4) is 0 Å². The van der Waals surface area contributed by atoms with Gasteiger partial charge in [0.25, 0.3) is 0 Å². The van der Waals surface area contributed by atoms with Crippen LogP contribution in [0, 0.1) is 11.3 Å². The van der Waals surface area contributed by atoms with Gasteiger partial charge in [0, 0.05) is 20.7 Å². The number of benzene rings is 1. The van der Waals surface area contributed by atoms with Crippen LogP contribution in [0.25, 0.3) is 0 Å². The van der Waals surface area contributed by atoms with E-state index in [0.717, 1.165) is 10.5 Å². The van der Waals surface area contributed by atoms with E-state index in [1.54, 1.807) is 17.8 Å². The topological polar surface area (TPSA) is 49.9 Å². The Morgan fingerprint density at radius 1 is 1.38 bits per heavy atom. The summed E-state index contributed by atoms with van der Waals surface area (Å²) in [7, 11) is 0. The molecule has 0 aliphatic heterocycles. The highest BCUT2D eigenvalue weighted by molar-refractivity contribution is 8.00. The zero-order valence-corrected chi connectivity index (χ0v) is 11.3. The molecule has 0 spiro atoms. The molecule has 0 aliphatic rings. The van der Waals surface area contributed by atoms with Gasteiger partial charge in [0.2, 0.25) is 0 Å². The molecule has 1 atom stereocenters. The van der Waals surface area contributed by atoms with Gasteiger partial charge in [0.05, 0.1) is 0 Å². The number of nitrogens with two attached hydrogens (primary N) is 1. The Bertz CT molecular complexity index is 391. The lowest BCUT2D eigenvalue weighted by Gasteiger charge is -2.17. The molecule has 0 aromatic heterocycles. The van der Waals surface area contributed by atoms with Gasteiger partial charge in [-0.3, -0.25) is 5.41 Å². The van der Waals surface area contributed by atoms with Gasteiger partial charge in [0.15, 0.2) is 0 Å². The fourth-order valence-corrected chi connectivity index (χ4v) is 2.44. The van der Waals surface area contributed by atoms with E-state index in [9.17, 15) is 0 Å². The zero-order chi connectivity index (χ0) is 12.3. The van der Waals surface area contributed by atoms with E-state index in [1.807, 2.05) is 12.1 Å². The Morgan fingerprint density at radius 3 is 2.50 bits per heavy atom. The van der Waals surface area contributed by atoms with E-state index >= 15 is 0 Å². The van der Waals surface area contributed by atoms with Gasteiger partial charge < -0.3 is 5.73 Å². The van der Waals surface area contributed by atoms with Crippen LogP contribution in [0.2, 0.25) is 5.02 Å². The molecular weight excluding hydrogens is 240 g/mol. The maximum Gasteiger partial charge on any atom is 0.123 e. The third-order valence-electron chi connectivity index (χ3n) is 2.48.